The maximum absolute atomic E-state index is 4.17. The first kappa shape index (κ1) is 9.62. The van der Waals surface area contributed by atoms with Gasteiger partial charge in [0.25, 0.3) is 0 Å². The molecule has 1 heterocycles. The van der Waals surface area contributed by atoms with E-state index in [1.54, 1.807) is 0 Å². The van der Waals surface area contributed by atoms with Gasteiger partial charge < -0.3 is 0 Å². The predicted octanol–water partition coefficient (Wildman–Crippen LogP) is 3.76. The summed E-state index contributed by atoms with van der Waals surface area (Å²) in [5.74, 6) is 1.01. The normalized spacial score (nSPS) is 10.4. The molecule has 0 saturated carbocycles. The summed E-state index contributed by atoms with van der Waals surface area (Å²) in [6.07, 6.45) is 3.69. The smallest absolute Gasteiger partial charge is 0.0701 e. The number of hydrogen-bond donors (Lipinski definition) is 1. The summed E-state index contributed by atoms with van der Waals surface area (Å²) in [7, 11) is 0. The Balaban J connectivity index is 2.27. The van der Waals surface area contributed by atoms with Crippen LogP contribution in [0.2, 0.25) is 0 Å². The number of aryl methyl sites for hydroxylation is 1. The molecule has 11 heavy (non-hydrogen) atoms. The molecule has 0 fully saturated rings. The maximum atomic E-state index is 4.17. The van der Waals surface area contributed by atoms with Crippen molar-refractivity contribution in [2.24, 2.45) is 0 Å². The lowest BCUT2D eigenvalue weighted by atomic mass is 10.2. The molecule has 3 heteroatoms. The van der Waals surface area contributed by atoms with Gasteiger partial charge in [0.15, 0.2) is 0 Å². The van der Waals surface area contributed by atoms with E-state index in [0.717, 1.165) is 5.75 Å². The van der Waals surface area contributed by atoms with Crippen molar-refractivity contribution in [2.45, 2.75) is 19.3 Å². The summed E-state index contributed by atoms with van der Waals surface area (Å²) in [6.45, 7) is 0. The predicted molar refractivity (Wildman–Crippen MR) is 58.8 cm³/mol. The molecule has 0 aromatic carbocycles. The lowest BCUT2D eigenvalue weighted by Crippen LogP contribution is -1.80. The van der Waals surface area contributed by atoms with E-state index >= 15 is 0 Å². The summed E-state index contributed by atoms with van der Waals surface area (Å²) in [4.78, 5) is 1.47. The monoisotopic (exact) mass is 250 g/mol. The van der Waals surface area contributed by atoms with Crippen LogP contribution in [0.5, 0.6) is 0 Å². The Labute approximate surface area is 85.6 Å². The fourth-order valence-electron chi connectivity index (χ4n) is 0.897. The minimum atomic E-state index is 1.01. The third-order valence-electron chi connectivity index (χ3n) is 1.46. The third-order valence-corrected chi connectivity index (χ3v) is 3.46. The first-order valence-corrected chi connectivity index (χ1v) is 5.92. The summed E-state index contributed by atoms with van der Waals surface area (Å²) in [6, 6.07) is 4.30. The van der Waals surface area contributed by atoms with Crippen LogP contribution in [0, 0.1) is 0 Å². The van der Waals surface area contributed by atoms with E-state index in [0.29, 0.717) is 0 Å². The molecule has 62 valence electrons. The fourth-order valence-corrected chi connectivity index (χ4v) is 2.65. The van der Waals surface area contributed by atoms with Crippen molar-refractivity contribution in [3.63, 3.8) is 0 Å². The zero-order valence-electron chi connectivity index (χ0n) is 6.22. The molecular weight excluding hydrogens is 240 g/mol. The van der Waals surface area contributed by atoms with Crippen LogP contribution in [0.15, 0.2) is 15.9 Å². The second kappa shape index (κ2) is 5.22. The number of rotatable bonds is 4. The molecule has 0 spiro atoms. The fraction of sp³-hybridized carbons (Fsp3) is 0.500. The van der Waals surface area contributed by atoms with Crippen LogP contribution >= 0.6 is 39.9 Å². The Hall–Kier alpha value is 0.530. The van der Waals surface area contributed by atoms with Gasteiger partial charge in [-0.1, -0.05) is 0 Å². The molecule has 0 aliphatic rings. The van der Waals surface area contributed by atoms with Crippen molar-refractivity contribution >= 4 is 39.9 Å². The van der Waals surface area contributed by atoms with Crippen molar-refractivity contribution in [1.82, 2.24) is 0 Å². The number of thiophene rings is 1. The third kappa shape index (κ3) is 3.63. The molecule has 0 aliphatic carbocycles. The topological polar surface area (TPSA) is 0 Å². The van der Waals surface area contributed by atoms with Crippen molar-refractivity contribution in [2.75, 3.05) is 5.75 Å². The minimum Gasteiger partial charge on any atom is -0.179 e. The van der Waals surface area contributed by atoms with Gasteiger partial charge in [-0.2, -0.15) is 12.6 Å². The number of unbranched alkanes of at least 4 members (excludes halogenated alkanes) is 1. The van der Waals surface area contributed by atoms with E-state index in [1.165, 1.54) is 27.9 Å². The van der Waals surface area contributed by atoms with Gasteiger partial charge in [-0.15, -0.1) is 11.3 Å². The van der Waals surface area contributed by atoms with Gasteiger partial charge >= 0.3 is 0 Å². The Bertz CT molecular complexity index is 208. The molecule has 0 saturated heterocycles. The highest BCUT2D eigenvalue weighted by Crippen LogP contribution is 2.23. The molecule has 0 N–H and O–H groups in total. The van der Waals surface area contributed by atoms with Crippen molar-refractivity contribution in [1.29, 1.82) is 0 Å². The molecule has 1 aromatic rings. The zero-order chi connectivity index (χ0) is 8.10. The van der Waals surface area contributed by atoms with Gasteiger partial charge in [0.2, 0.25) is 0 Å². The quantitative estimate of drug-likeness (QED) is 0.611. The molecule has 0 nitrogen and oxygen atoms in total. The second-order valence-corrected chi connectivity index (χ2v) is 5.38. The molecule has 0 bridgehead atoms. The highest BCUT2D eigenvalue weighted by Gasteiger charge is 1.96. The molecule has 1 aromatic heterocycles. The lowest BCUT2D eigenvalue weighted by Gasteiger charge is -1.93. The largest absolute Gasteiger partial charge is 0.179 e. The van der Waals surface area contributed by atoms with Gasteiger partial charge in [-0.05, 0) is 53.1 Å². The first-order valence-electron chi connectivity index (χ1n) is 3.68. The van der Waals surface area contributed by atoms with Crippen LogP contribution in [-0.4, -0.2) is 5.75 Å². The van der Waals surface area contributed by atoms with E-state index in [1.807, 2.05) is 11.3 Å². The van der Waals surface area contributed by atoms with Gasteiger partial charge in [-0.25, -0.2) is 0 Å². The van der Waals surface area contributed by atoms with E-state index < -0.39 is 0 Å². The Morgan fingerprint density at radius 3 is 2.73 bits per heavy atom. The van der Waals surface area contributed by atoms with Crippen LogP contribution in [0.4, 0.5) is 0 Å². The van der Waals surface area contributed by atoms with Crippen LogP contribution in [0.25, 0.3) is 0 Å². The minimum absolute atomic E-state index is 1.01. The second-order valence-electron chi connectivity index (χ2n) is 2.39. The van der Waals surface area contributed by atoms with E-state index in [4.69, 9.17) is 0 Å². The SMILES string of the molecule is SCCCCc1ccc(Br)s1. The Morgan fingerprint density at radius 2 is 2.18 bits per heavy atom. The summed E-state index contributed by atoms with van der Waals surface area (Å²) in [5, 5.41) is 0. The van der Waals surface area contributed by atoms with E-state index in [9.17, 15) is 0 Å². The highest BCUT2D eigenvalue weighted by molar-refractivity contribution is 9.11. The van der Waals surface area contributed by atoms with Gasteiger partial charge in [0, 0.05) is 4.88 Å². The summed E-state index contributed by atoms with van der Waals surface area (Å²) >= 11 is 9.44. The molecule has 0 atom stereocenters. The molecule has 0 unspecified atom stereocenters. The average molecular weight is 251 g/mol. The molecule has 0 radical (unpaired) electrons. The molecule has 1 rings (SSSR count). The lowest BCUT2D eigenvalue weighted by molar-refractivity contribution is 0.813. The number of hydrogen-bond acceptors (Lipinski definition) is 2. The van der Waals surface area contributed by atoms with Crippen molar-refractivity contribution in [3.8, 4) is 0 Å². The van der Waals surface area contributed by atoms with Crippen LogP contribution < -0.4 is 0 Å². The first-order chi connectivity index (χ1) is 5.33. The Kier molecular flexibility index (Phi) is 4.57. The van der Waals surface area contributed by atoms with Crippen molar-refractivity contribution in [3.05, 3.63) is 20.8 Å². The van der Waals surface area contributed by atoms with E-state index in [2.05, 4.69) is 40.7 Å². The average Bonchev–Trinajstić information content (AvgIpc) is 2.37. The van der Waals surface area contributed by atoms with Crippen LogP contribution in [0.3, 0.4) is 0 Å². The van der Waals surface area contributed by atoms with E-state index in [-0.39, 0.29) is 0 Å². The van der Waals surface area contributed by atoms with Crippen LogP contribution in [-0.2, 0) is 6.42 Å². The number of thiol groups is 1. The van der Waals surface area contributed by atoms with Gasteiger partial charge in [0.1, 0.15) is 0 Å². The Morgan fingerprint density at radius 1 is 1.36 bits per heavy atom. The maximum Gasteiger partial charge on any atom is 0.0701 e. The summed E-state index contributed by atoms with van der Waals surface area (Å²) in [5.41, 5.74) is 0. The number of halogens is 1. The highest BCUT2D eigenvalue weighted by atomic mass is 79.9. The summed E-state index contributed by atoms with van der Waals surface area (Å²) < 4.78 is 1.23. The van der Waals surface area contributed by atoms with Gasteiger partial charge in [0.05, 0.1) is 3.79 Å². The molecule has 0 aliphatic heterocycles. The van der Waals surface area contributed by atoms with Gasteiger partial charge in [-0.3, -0.25) is 0 Å². The molecule has 0 amide bonds. The molecular formula is C8H11BrS2. The van der Waals surface area contributed by atoms with Crippen LogP contribution in [0.1, 0.15) is 17.7 Å². The standard InChI is InChI=1S/C8H11BrS2/c9-8-5-4-7(11-8)3-1-2-6-10/h4-5,10H,1-3,6H2. The zero-order valence-corrected chi connectivity index (χ0v) is 9.51. The van der Waals surface area contributed by atoms with Crippen molar-refractivity contribution < 1.29 is 0 Å².